The number of oxime groups is 1. The summed E-state index contributed by atoms with van der Waals surface area (Å²) >= 11 is 1.36. The fraction of sp³-hybridized carbons (Fsp3) is 0.350. The average molecular weight is 388 g/mol. The van der Waals surface area contributed by atoms with Gasteiger partial charge >= 0.3 is 5.97 Å². The highest BCUT2D eigenvalue weighted by Crippen LogP contribution is 2.33. The van der Waals surface area contributed by atoms with Crippen molar-refractivity contribution in [3.63, 3.8) is 0 Å². The Morgan fingerprint density at radius 3 is 2.70 bits per heavy atom. The first kappa shape index (κ1) is 20.6. The number of nitrogens with zero attached hydrogens (tertiary/aromatic N) is 1. The molecule has 0 saturated heterocycles. The van der Waals surface area contributed by atoms with Crippen molar-refractivity contribution < 1.29 is 19.2 Å². The fourth-order valence-corrected chi connectivity index (χ4v) is 3.30. The van der Waals surface area contributed by atoms with Crippen molar-refractivity contribution in [1.82, 2.24) is 0 Å². The number of anilines is 1. The lowest BCUT2D eigenvalue weighted by Crippen LogP contribution is -2.18. The number of hydrogen-bond acceptors (Lipinski definition) is 6. The van der Waals surface area contributed by atoms with Gasteiger partial charge in [0.1, 0.15) is 5.00 Å². The van der Waals surface area contributed by atoms with Crippen molar-refractivity contribution in [2.45, 2.75) is 33.6 Å². The summed E-state index contributed by atoms with van der Waals surface area (Å²) in [6, 6.07) is 9.48. The van der Waals surface area contributed by atoms with E-state index in [1.165, 1.54) is 11.3 Å². The first-order valence-electron chi connectivity index (χ1n) is 8.74. The molecule has 0 aliphatic rings. The van der Waals surface area contributed by atoms with Gasteiger partial charge in [0.05, 0.1) is 18.4 Å². The third kappa shape index (κ3) is 5.92. The van der Waals surface area contributed by atoms with Gasteiger partial charge in [0.25, 0.3) is 5.91 Å². The van der Waals surface area contributed by atoms with Gasteiger partial charge in [0.15, 0.2) is 6.61 Å². The van der Waals surface area contributed by atoms with E-state index in [0.717, 1.165) is 16.0 Å². The van der Waals surface area contributed by atoms with E-state index in [1.54, 1.807) is 19.2 Å². The third-order valence-corrected chi connectivity index (χ3v) is 5.07. The van der Waals surface area contributed by atoms with E-state index in [0.29, 0.717) is 10.6 Å². The largest absolute Gasteiger partial charge is 0.462 e. The molecule has 0 saturated carbocycles. The van der Waals surface area contributed by atoms with Crippen LogP contribution >= 0.6 is 11.3 Å². The molecule has 1 aromatic heterocycles. The second kappa shape index (κ2) is 9.87. The van der Waals surface area contributed by atoms with Crippen LogP contribution in [-0.4, -0.2) is 31.3 Å². The second-order valence-corrected chi connectivity index (χ2v) is 7.26. The zero-order valence-electron chi connectivity index (χ0n) is 15.9. The molecule has 1 aromatic carbocycles. The summed E-state index contributed by atoms with van der Waals surface area (Å²) in [5.74, 6) is -0.599. The molecule has 0 radical (unpaired) electrons. The van der Waals surface area contributed by atoms with E-state index in [-0.39, 0.29) is 25.0 Å². The predicted molar refractivity (Wildman–Crippen MR) is 108 cm³/mol. The van der Waals surface area contributed by atoms with Gasteiger partial charge in [-0.05, 0) is 37.0 Å². The molecule has 0 bridgehead atoms. The molecule has 7 heteroatoms. The van der Waals surface area contributed by atoms with E-state index < -0.39 is 5.97 Å². The minimum absolute atomic E-state index is 0.240. The van der Waals surface area contributed by atoms with Gasteiger partial charge in [-0.25, -0.2) is 4.79 Å². The zero-order chi connectivity index (χ0) is 19.8. The van der Waals surface area contributed by atoms with E-state index in [9.17, 15) is 9.59 Å². The number of carbonyl (C=O) groups excluding carboxylic acids is 2. The van der Waals surface area contributed by atoms with Crippen molar-refractivity contribution in [2.75, 3.05) is 18.5 Å². The first-order chi connectivity index (χ1) is 12.9. The number of benzene rings is 1. The summed E-state index contributed by atoms with van der Waals surface area (Å²) in [4.78, 5) is 30.3. The Balaban J connectivity index is 1.98. The highest BCUT2D eigenvalue weighted by Gasteiger charge is 2.20. The molecular weight excluding hydrogens is 364 g/mol. The summed E-state index contributed by atoms with van der Waals surface area (Å²) in [6.07, 6.45) is 1.56. The molecule has 0 spiro atoms. The number of thiophene rings is 1. The number of ether oxygens (including phenoxy) is 1. The van der Waals surface area contributed by atoms with Crippen molar-refractivity contribution in [3.8, 4) is 0 Å². The summed E-state index contributed by atoms with van der Waals surface area (Å²) < 4.78 is 5.06. The molecule has 1 N–H and O–H groups in total. The fourth-order valence-electron chi connectivity index (χ4n) is 2.23. The third-order valence-electron chi connectivity index (χ3n) is 3.72. The Morgan fingerprint density at radius 1 is 1.30 bits per heavy atom. The quantitative estimate of drug-likeness (QED) is 0.414. The second-order valence-electron chi connectivity index (χ2n) is 6.18. The maximum Gasteiger partial charge on any atom is 0.341 e. The molecule has 2 rings (SSSR count). The van der Waals surface area contributed by atoms with Crippen LogP contribution in [0.15, 0.2) is 35.5 Å². The van der Waals surface area contributed by atoms with Crippen molar-refractivity contribution in [2.24, 2.45) is 5.16 Å². The zero-order valence-corrected chi connectivity index (χ0v) is 16.8. The Kier molecular flexibility index (Phi) is 7.55. The molecule has 0 unspecified atom stereocenters. The molecule has 0 aliphatic carbocycles. The van der Waals surface area contributed by atoms with Gasteiger partial charge in [-0.3, -0.25) is 4.79 Å². The molecule has 0 aliphatic heterocycles. The molecule has 27 heavy (non-hydrogen) atoms. The van der Waals surface area contributed by atoms with Crippen molar-refractivity contribution >= 4 is 34.4 Å². The molecule has 6 nitrogen and oxygen atoms in total. The number of rotatable bonds is 8. The van der Waals surface area contributed by atoms with Gasteiger partial charge in [0.2, 0.25) is 0 Å². The van der Waals surface area contributed by atoms with Crippen molar-refractivity contribution in [1.29, 1.82) is 0 Å². The van der Waals surface area contributed by atoms with Crippen LogP contribution in [0.4, 0.5) is 5.00 Å². The van der Waals surface area contributed by atoms with Crippen LogP contribution < -0.4 is 5.32 Å². The smallest absolute Gasteiger partial charge is 0.341 e. The highest BCUT2D eigenvalue weighted by atomic mass is 32.1. The van der Waals surface area contributed by atoms with Crippen LogP contribution in [0.3, 0.4) is 0 Å². The minimum atomic E-state index is -0.450. The Labute approximate surface area is 163 Å². The van der Waals surface area contributed by atoms with Gasteiger partial charge in [-0.2, -0.15) is 0 Å². The van der Waals surface area contributed by atoms with Gasteiger partial charge in [-0.15, -0.1) is 11.3 Å². The SMILES string of the molecule is CCOC(=O)c1cc(C(C)C)sc1NC(=O)CO/N=C\c1ccccc1C. The standard InChI is InChI=1S/C20H24N2O4S/c1-5-25-20(24)16-10-17(13(2)3)27-19(16)22-18(23)12-26-21-11-15-9-7-6-8-14(15)4/h6-11,13H,5,12H2,1-4H3,(H,22,23)/b21-11-. The van der Waals surface area contributed by atoms with Crippen LogP contribution in [0.2, 0.25) is 0 Å². The Bertz CT molecular complexity index is 827. The summed E-state index contributed by atoms with van der Waals surface area (Å²) in [5, 5.41) is 7.01. The topological polar surface area (TPSA) is 77.0 Å². The van der Waals surface area contributed by atoms with E-state index >= 15 is 0 Å². The Morgan fingerprint density at radius 2 is 2.04 bits per heavy atom. The lowest BCUT2D eigenvalue weighted by Gasteiger charge is -2.05. The van der Waals surface area contributed by atoms with Gasteiger partial charge in [0, 0.05) is 4.88 Å². The maximum absolute atomic E-state index is 12.1. The molecule has 0 atom stereocenters. The van der Waals surface area contributed by atoms with Gasteiger partial charge < -0.3 is 14.9 Å². The molecule has 1 heterocycles. The highest BCUT2D eigenvalue weighted by molar-refractivity contribution is 7.16. The molecule has 1 amide bonds. The minimum Gasteiger partial charge on any atom is -0.462 e. The van der Waals surface area contributed by atoms with Crippen LogP contribution in [0.25, 0.3) is 0 Å². The molecule has 144 valence electrons. The summed E-state index contributed by atoms with van der Waals surface area (Å²) in [5.41, 5.74) is 2.35. The number of hydrogen-bond donors (Lipinski definition) is 1. The number of carbonyl (C=O) groups is 2. The summed E-state index contributed by atoms with van der Waals surface area (Å²) in [6.45, 7) is 7.78. The van der Waals surface area contributed by atoms with Crippen LogP contribution in [0, 0.1) is 6.92 Å². The summed E-state index contributed by atoms with van der Waals surface area (Å²) in [7, 11) is 0. The number of aryl methyl sites for hydroxylation is 1. The molecular formula is C20H24N2O4S. The maximum atomic E-state index is 12.1. The van der Waals surface area contributed by atoms with Gasteiger partial charge in [-0.1, -0.05) is 43.3 Å². The van der Waals surface area contributed by atoms with E-state index in [1.807, 2.05) is 45.0 Å². The number of esters is 1. The first-order valence-corrected chi connectivity index (χ1v) is 9.55. The average Bonchev–Trinajstić information content (AvgIpc) is 3.04. The van der Waals surface area contributed by atoms with E-state index in [4.69, 9.17) is 9.57 Å². The van der Waals surface area contributed by atoms with Crippen molar-refractivity contribution in [3.05, 3.63) is 51.9 Å². The molecule has 2 aromatic rings. The predicted octanol–water partition coefficient (Wildman–Crippen LogP) is 4.35. The Hall–Kier alpha value is -2.67. The monoisotopic (exact) mass is 388 g/mol. The normalized spacial score (nSPS) is 11.0. The lowest BCUT2D eigenvalue weighted by molar-refractivity contribution is -0.120. The van der Waals surface area contributed by atoms with E-state index in [2.05, 4.69) is 10.5 Å². The van der Waals surface area contributed by atoms with Crippen LogP contribution in [0.1, 0.15) is 53.1 Å². The number of amides is 1. The lowest BCUT2D eigenvalue weighted by atomic mass is 10.1. The molecule has 0 fully saturated rings. The number of nitrogens with one attached hydrogen (secondary N) is 1. The van der Waals surface area contributed by atoms with Crippen LogP contribution in [0.5, 0.6) is 0 Å². The van der Waals surface area contributed by atoms with Crippen LogP contribution in [-0.2, 0) is 14.4 Å².